The van der Waals surface area contributed by atoms with E-state index in [1.165, 1.54) is 63.9 Å². The lowest BCUT2D eigenvalue weighted by Gasteiger charge is -2.06. The highest BCUT2D eigenvalue weighted by Gasteiger charge is 2.23. The molecule has 0 amide bonds. The van der Waals surface area contributed by atoms with Gasteiger partial charge in [0.25, 0.3) is 0 Å². The van der Waals surface area contributed by atoms with E-state index in [2.05, 4.69) is 108 Å². The molecule has 3 nitrogen and oxygen atoms in total. The van der Waals surface area contributed by atoms with E-state index < -0.39 is 0 Å². The lowest BCUT2D eigenvalue weighted by molar-refractivity contribution is 1.28. The van der Waals surface area contributed by atoms with Crippen molar-refractivity contribution in [3.05, 3.63) is 115 Å². The van der Waals surface area contributed by atoms with Gasteiger partial charge >= 0.3 is 0 Å². The molecule has 0 saturated heterocycles. The highest BCUT2D eigenvalue weighted by molar-refractivity contribution is 7.26. The van der Waals surface area contributed by atoms with Gasteiger partial charge in [-0.3, -0.25) is 4.40 Å². The van der Waals surface area contributed by atoms with E-state index in [0.29, 0.717) is 0 Å². The fourth-order valence-corrected chi connectivity index (χ4v) is 7.90. The number of fused-ring (bicyclic) bond motifs is 12. The Kier molecular flexibility index (Phi) is 3.81. The Bertz CT molecular complexity index is 2660. The SMILES string of the molecule is c1ccc2cc(-c3cc4c5ccc6c7ccccc7sc6c5n5c6nc7ccccc7nc6c(c3)c45)ccc2c1. The summed E-state index contributed by atoms with van der Waals surface area (Å²) < 4.78 is 5.00. The number of benzene rings is 6. The highest BCUT2D eigenvalue weighted by atomic mass is 32.1. The topological polar surface area (TPSA) is 30.2 Å². The molecule has 0 radical (unpaired) electrons. The molecule has 0 bridgehead atoms. The van der Waals surface area contributed by atoms with Crippen LogP contribution in [0.15, 0.2) is 115 Å². The molecule has 0 spiro atoms. The molecule has 10 aromatic rings. The average molecular weight is 526 g/mol. The third-order valence-electron chi connectivity index (χ3n) is 8.47. The second-order valence-corrected chi connectivity index (χ2v) is 11.7. The number of hydrogen-bond donors (Lipinski definition) is 0. The largest absolute Gasteiger partial charge is 0.290 e. The molecule has 4 heteroatoms. The quantitative estimate of drug-likeness (QED) is 0.213. The van der Waals surface area contributed by atoms with Gasteiger partial charge in [0.15, 0.2) is 5.65 Å². The first kappa shape index (κ1) is 20.8. The highest BCUT2D eigenvalue weighted by Crippen LogP contribution is 2.46. The summed E-state index contributed by atoms with van der Waals surface area (Å²) in [7, 11) is 0. The third-order valence-corrected chi connectivity index (χ3v) is 9.66. The van der Waals surface area contributed by atoms with Crippen LogP contribution in [0.5, 0.6) is 0 Å². The van der Waals surface area contributed by atoms with Gasteiger partial charge in [-0.25, -0.2) is 9.97 Å². The molecule has 10 rings (SSSR count). The summed E-state index contributed by atoms with van der Waals surface area (Å²) in [6, 6.07) is 41.5. The van der Waals surface area contributed by atoms with Crippen LogP contribution in [0.3, 0.4) is 0 Å². The van der Waals surface area contributed by atoms with Crippen LogP contribution in [0.2, 0.25) is 0 Å². The second-order valence-electron chi connectivity index (χ2n) is 10.6. The molecule has 40 heavy (non-hydrogen) atoms. The van der Waals surface area contributed by atoms with Gasteiger partial charge < -0.3 is 0 Å². The number of thiophene rings is 1. The molecule has 0 aliphatic heterocycles. The van der Waals surface area contributed by atoms with Crippen molar-refractivity contribution in [2.24, 2.45) is 0 Å². The molecule has 0 unspecified atom stereocenters. The summed E-state index contributed by atoms with van der Waals surface area (Å²) in [4.78, 5) is 10.4. The van der Waals surface area contributed by atoms with Crippen molar-refractivity contribution in [3.63, 3.8) is 0 Å². The lowest BCUT2D eigenvalue weighted by atomic mass is 9.98. The van der Waals surface area contributed by atoms with Crippen LogP contribution in [0.25, 0.3) is 91.5 Å². The smallest absolute Gasteiger partial charge is 0.165 e. The molecule has 4 aromatic heterocycles. The summed E-state index contributed by atoms with van der Waals surface area (Å²) >= 11 is 1.87. The Balaban J connectivity index is 1.43. The number of aromatic nitrogens is 3. The fourth-order valence-electron chi connectivity index (χ4n) is 6.66. The maximum atomic E-state index is 5.23. The molecule has 6 aromatic carbocycles. The monoisotopic (exact) mass is 525 g/mol. The van der Waals surface area contributed by atoms with Gasteiger partial charge in [-0.15, -0.1) is 11.3 Å². The Morgan fingerprint density at radius 1 is 0.500 bits per heavy atom. The van der Waals surface area contributed by atoms with Crippen molar-refractivity contribution in [1.29, 1.82) is 0 Å². The van der Waals surface area contributed by atoms with Gasteiger partial charge in [-0.05, 0) is 58.3 Å². The van der Waals surface area contributed by atoms with E-state index in [0.717, 1.165) is 27.6 Å². The van der Waals surface area contributed by atoms with Crippen molar-refractivity contribution in [2.45, 2.75) is 0 Å². The first-order chi connectivity index (χ1) is 19.8. The van der Waals surface area contributed by atoms with E-state index in [4.69, 9.17) is 9.97 Å². The summed E-state index contributed by atoms with van der Waals surface area (Å²) in [6.07, 6.45) is 0. The molecule has 4 heterocycles. The maximum absolute atomic E-state index is 5.23. The van der Waals surface area contributed by atoms with Crippen LogP contribution in [0, 0.1) is 0 Å². The Morgan fingerprint density at radius 3 is 2.17 bits per heavy atom. The van der Waals surface area contributed by atoms with Crippen molar-refractivity contribution < 1.29 is 0 Å². The van der Waals surface area contributed by atoms with Crippen molar-refractivity contribution in [1.82, 2.24) is 14.4 Å². The normalized spacial score (nSPS) is 12.5. The van der Waals surface area contributed by atoms with Crippen LogP contribution in [0.1, 0.15) is 0 Å². The molecule has 0 N–H and O–H groups in total. The molecular weight excluding hydrogens is 506 g/mol. The van der Waals surface area contributed by atoms with E-state index in [-0.39, 0.29) is 0 Å². The standard InChI is InChI=1S/C36H19N3S/c1-2-8-21-17-22(14-13-20(21)7-1)23-18-27-25-15-16-26-24-9-3-6-12-31(24)40-35(26)34(25)39-33(27)28(19-23)32-36(39)38-30-11-5-4-10-29(30)37-32/h1-19H. The van der Waals surface area contributed by atoms with E-state index >= 15 is 0 Å². The summed E-state index contributed by atoms with van der Waals surface area (Å²) in [5.74, 6) is 0. The zero-order valence-electron chi connectivity index (χ0n) is 21.2. The summed E-state index contributed by atoms with van der Waals surface area (Å²) in [5, 5.41) is 8.77. The molecular formula is C36H19N3S. The lowest BCUT2D eigenvalue weighted by Crippen LogP contribution is -1.89. The predicted molar refractivity (Wildman–Crippen MR) is 170 cm³/mol. The molecule has 0 fully saturated rings. The zero-order chi connectivity index (χ0) is 25.9. The summed E-state index contributed by atoms with van der Waals surface area (Å²) in [6.45, 7) is 0. The fraction of sp³-hybridized carbons (Fsp3) is 0. The average Bonchev–Trinajstić information content (AvgIpc) is 3.65. The van der Waals surface area contributed by atoms with Crippen molar-refractivity contribution >= 4 is 91.7 Å². The van der Waals surface area contributed by atoms with E-state index in [1.54, 1.807) is 0 Å². The molecule has 0 aliphatic carbocycles. The van der Waals surface area contributed by atoms with Crippen LogP contribution >= 0.6 is 11.3 Å². The second kappa shape index (κ2) is 7.32. The zero-order valence-corrected chi connectivity index (χ0v) is 22.0. The van der Waals surface area contributed by atoms with Crippen molar-refractivity contribution in [3.8, 4) is 11.1 Å². The minimum Gasteiger partial charge on any atom is -0.290 e. The molecule has 0 saturated carbocycles. The minimum absolute atomic E-state index is 0.919. The van der Waals surface area contributed by atoms with Crippen LogP contribution in [0.4, 0.5) is 0 Å². The Labute approximate surface area is 231 Å². The number of hydrogen-bond acceptors (Lipinski definition) is 3. The van der Waals surface area contributed by atoms with Gasteiger partial charge in [-0.2, -0.15) is 0 Å². The number of nitrogens with zero attached hydrogens (tertiary/aromatic N) is 3. The van der Waals surface area contributed by atoms with E-state index in [1.807, 2.05) is 23.5 Å². The maximum Gasteiger partial charge on any atom is 0.165 e. The molecule has 184 valence electrons. The van der Waals surface area contributed by atoms with Crippen molar-refractivity contribution in [2.75, 3.05) is 0 Å². The van der Waals surface area contributed by atoms with Gasteiger partial charge in [0.2, 0.25) is 0 Å². The first-order valence-corrected chi connectivity index (χ1v) is 14.3. The van der Waals surface area contributed by atoms with Gasteiger partial charge in [0.1, 0.15) is 5.52 Å². The van der Waals surface area contributed by atoms with Crippen LogP contribution < -0.4 is 0 Å². The van der Waals surface area contributed by atoms with Crippen LogP contribution in [-0.2, 0) is 0 Å². The van der Waals surface area contributed by atoms with Gasteiger partial charge in [-0.1, -0.05) is 78.9 Å². The minimum atomic E-state index is 0.919. The molecule has 0 aliphatic rings. The van der Waals surface area contributed by atoms with Gasteiger partial charge in [0.05, 0.1) is 26.8 Å². The van der Waals surface area contributed by atoms with E-state index in [9.17, 15) is 0 Å². The Hall–Kier alpha value is -5.06. The summed E-state index contributed by atoms with van der Waals surface area (Å²) in [5.41, 5.74) is 8.57. The predicted octanol–water partition coefficient (Wildman–Crippen LogP) is 9.97. The first-order valence-electron chi connectivity index (χ1n) is 13.5. The van der Waals surface area contributed by atoms with Crippen LogP contribution in [-0.4, -0.2) is 14.4 Å². The molecule has 0 atom stereocenters. The number of rotatable bonds is 1. The Morgan fingerprint density at radius 2 is 1.25 bits per heavy atom. The van der Waals surface area contributed by atoms with Gasteiger partial charge in [0, 0.05) is 31.6 Å². The third kappa shape index (κ3) is 2.59. The number of para-hydroxylation sites is 2.